The molecule has 286 valence electrons. The van der Waals surface area contributed by atoms with E-state index in [4.69, 9.17) is 4.74 Å². The Morgan fingerprint density at radius 2 is 1.73 bits per heavy atom. The highest BCUT2D eigenvalue weighted by molar-refractivity contribution is 7.14. The summed E-state index contributed by atoms with van der Waals surface area (Å²) in [6.45, 7) is 6.68. The lowest BCUT2D eigenvalue weighted by atomic mass is 9.64. The summed E-state index contributed by atoms with van der Waals surface area (Å²) in [7, 11) is 1.61. The molecule has 4 unspecified atom stereocenters. The normalized spacial score (nSPS) is 22.8. The number of carbonyl (C=O) groups excluding carboxylic acids is 2. The number of carbonyl (C=O) groups is 2. The summed E-state index contributed by atoms with van der Waals surface area (Å²) in [5.41, 5.74) is 3.35. The van der Waals surface area contributed by atoms with Gasteiger partial charge >= 0.3 is 6.03 Å². The zero-order valence-corrected chi connectivity index (χ0v) is 33.1. The number of methoxy groups -OCH3 is 1. The minimum atomic E-state index is -1.28. The number of nitrogens with zero attached hydrogens (tertiary/aromatic N) is 1. The number of hydrogen-bond donors (Lipinski definition) is 3. The van der Waals surface area contributed by atoms with Crippen LogP contribution in [0, 0.1) is 12.3 Å². The average molecular weight is 757 g/mol. The molecule has 1 fully saturated rings. The van der Waals surface area contributed by atoms with E-state index >= 15 is 0 Å². The fourth-order valence-corrected chi connectivity index (χ4v) is 9.74. The van der Waals surface area contributed by atoms with Crippen molar-refractivity contribution in [3.05, 3.63) is 141 Å². The second-order valence-electron chi connectivity index (χ2n) is 15.8. The monoisotopic (exact) mass is 756 g/mol. The van der Waals surface area contributed by atoms with Crippen LogP contribution in [0.2, 0.25) is 0 Å². The molecule has 0 aliphatic heterocycles. The van der Waals surface area contributed by atoms with Gasteiger partial charge in [-0.15, -0.1) is 11.3 Å². The summed E-state index contributed by atoms with van der Waals surface area (Å²) in [4.78, 5) is 32.3. The van der Waals surface area contributed by atoms with E-state index in [1.807, 2.05) is 67.6 Å². The quantitative estimate of drug-likeness (QED) is 0.108. The summed E-state index contributed by atoms with van der Waals surface area (Å²) in [6.07, 6.45) is 6.11. The Morgan fingerprint density at radius 1 is 0.945 bits per heavy atom. The first kappa shape index (κ1) is 38.5. The van der Waals surface area contributed by atoms with Gasteiger partial charge in [0, 0.05) is 28.1 Å². The molecule has 0 spiro atoms. The number of hydrogen-bond acceptors (Lipinski definition) is 6. The third-order valence-electron chi connectivity index (χ3n) is 12.2. The number of rotatable bonds is 8. The Bertz CT molecular complexity index is 2200. The fourth-order valence-electron chi connectivity index (χ4n) is 8.91. The average Bonchev–Trinajstić information content (AvgIpc) is 3.73. The van der Waals surface area contributed by atoms with Crippen molar-refractivity contribution in [1.82, 2.24) is 4.90 Å². The van der Waals surface area contributed by atoms with Crippen LogP contribution in [-0.2, 0) is 13.0 Å². The van der Waals surface area contributed by atoms with E-state index in [-0.39, 0.29) is 24.3 Å². The van der Waals surface area contributed by atoms with Gasteiger partial charge in [-0.2, -0.15) is 0 Å². The summed E-state index contributed by atoms with van der Waals surface area (Å²) in [6, 6.07) is 31.3. The van der Waals surface area contributed by atoms with Crippen molar-refractivity contribution in [3.63, 3.8) is 0 Å². The van der Waals surface area contributed by atoms with E-state index in [0.29, 0.717) is 60.5 Å². The van der Waals surface area contributed by atoms with Gasteiger partial charge in [0.1, 0.15) is 5.75 Å². The van der Waals surface area contributed by atoms with Crippen LogP contribution in [0.25, 0.3) is 10.8 Å². The molecule has 5 aromatic rings. The molecule has 0 radical (unpaired) electrons. The minimum Gasteiger partial charge on any atom is -0.497 e. The molecule has 8 rings (SSSR count). The third-order valence-corrected chi connectivity index (χ3v) is 13.2. The van der Waals surface area contributed by atoms with E-state index < -0.39 is 17.1 Å². The van der Waals surface area contributed by atoms with Crippen LogP contribution < -0.4 is 10.1 Å². The van der Waals surface area contributed by atoms with Crippen LogP contribution in [0.5, 0.6) is 5.75 Å². The predicted octanol–water partition coefficient (Wildman–Crippen LogP) is 10.2. The number of amides is 2. The molecule has 8 heteroatoms. The van der Waals surface area contributed by atoms with E-state index in [9.17, 15) is 19.8 Å². The molecule has 0 saturated heterocycles. The Hall–Kier alpha value is -4.76. The second-order valence-corrected chi connectivity index (χ2v) is 17.1. The molecule has 1 aromatic heterocycles. The maximum Gasteiger partial charge on any atom is 0.322 e. The Labute approximate surface area is 328 Å². The van der Waals surface area contributed by atoms with E-state index in [1.54, 1.807) is 12.0 Å². The molecule has 3 aliphatic rings. The summed E-state index contributed by atoms with van der Waals surface area (Å²) < 4.78 is 5.35. The van der Waals surface area contributed by atoms with Crippen molar-refractivity contribution in [2.75, 3.05) is 19.0 Å². The van der Waals surface area contributed by atoms with Crippen molar-refractivity contribution in [2.24, 2.45) is 5.41 Å². The molecule has 1 saturated carbocycles. The van der Waals surface area contributed by atoms with Crippen LogP contribution >= 0.6 is 11.3 Å². The van der Waals surface area contributed by atoms with Gasteiger partial charge in [0.15, 0.2) is 0 Å². The molecular weight excluding hydrogens is 705 g/mol. The SMILES string of the molecule is COc1ccc(NC(=O)N(Cc2cccc3ccccc23)CC2(O)CCC3c4ccc(cc4C(=O)c4ccc(C)s4)CC(O)CCC(C)=CCCC32C)cc1. The van der Waals surface area contributed by atoms with Gasteiger partial charge in [-0.3, -0.25) is 4.79 Å². The molecule has 4 aromatic carbocycles. The lowest BCUT2D eigenvalue weighted by molar-refractivity contribution is -0.0773. The van der Waals surface area contributed by atoms with Gasteiger partial charge in [-0.05, 0) is 135 Å². The number of aryl methyl sites for hydroxylation is 1. The summed E-state index contributed by atoms with van der Waals surface area (Å²) >= 11 is 1.49. The van der Waals surface area contributed by atoms with Gasteiger partial charge in [0.25, 0.3) is 0 Å². The summed E-state index contributed by atoms with van der Waals surface area (Å²) in [5, 5.41) is 29.5. The number of ketones is 1. The molecule has 4 atom stereocenters. The van der Waals surface area contributed by atoms with Crippen LogP contribution in [0.1, 0.15) is 95.1 Å². The number of fused-ring (bicyclic) bond motifs is 9. The number of nitrogens with one attached hydrogen (secondary N) is 1. The fraction of sp³-hybridized carbons (Fsp3) is 0.362. The molecule has 3 N–H and O–H groups in total. The number of aliphatic hydroxyl groups excluding tert-OH is 1. The van der Waals surface area contributed by atoms with Crippen molar-refractivity contribution >= 4 is 39.6 Å². The first-order valence-corrected chi connectivity index (χ1v) is 20.2. The second kappa shape index (κ2) is 16.1. The molecule has 2 amide bonds. The number of ether oxygens (including phenoxy) is 1. The van der Waals surface area contributed by atoms with Crippen molar-refractivity contribution in [3.8, 4) is 5.75 Å². The molecule has 2 bridgehead atoms. The molecule has 55 heavy (non-hydrogen) atoms. The number of urea groups is 1. The first-order valence-electron chi connectivity index (χ1n) is 19.4. The van der Waals surface area contributed by atoms with Crippen molar-refractivity contribution in [1.29, 1.82) is 0 Å². The van der Waals surface area contributed by atoms with Gasteiger partial charge in [-0.25, -0.2) is 4.79 Å². The largest absolute Gasteiger partial charge is 0.497 e. The zero-order chi connectivity index (χ0) is 38.7. The molecule has 1 heterocycles. The Balaban J connectivity index is 1.30. The van der Waals surface area contributed by atoms with Crippen molar-refractivity contribution < 1.29 is 24.5 Å². The smallest absolute Gasteiger partial charge is 0.322 e. The van der Waals surface area contributed by atoms with Crippen LogP contribution in [0.4, 0.5) is 10.5 Å². The molecular formula is C47H52N2O5S. The molecule has 3 aliphatic carbocycles. The highest BCUT2D eigenvalue weighted by Crippen LogP contribution is 2.59. The van der Waals surface area contributed by atoms with Crippen LogP contribution in [0.3, 0.4) is 0 Å². The maximum atomic E-state index is 14.4. The number of aliphatic hydroxyl groups is 2. The minimum absolute atomic E-state index is 0.0264. The standard InChI is InChI=1S/C47H52N2O5S/c1-31-9-8-25-46(3)42(40-22-16-33(27-37(50)19-14-31)28-41(40)44(51)43-23-15-32(2)55-43)24-26-47(46,53)30-49(45(52)48-36-17-20-38(54-4)21-18-36)29-35-12-7-11-34-10-5-6-13-39(34)35/h5-7,9-13,15-18,20-23,28,37,42,50,53H,8,14,19,24-27,29-30H2,1-4H3,(H,48,52). The number of anilines is 1. The van der Waals surface area contributed by atoms with Gasteiger partial charge in [-0.1, -0.05) is 73.2 Å². The third kappa shape index (κ3) is 8.13. The Kier molecular flexibility index (Phi) is 11.3. The molecule has 7 nitrogen and oxygen atoms in total. The van der Waals surface area contributed by atoms with Gasteiger partial charge < -0.3 is 25.2 Å². The lowest BCUT2D eigenvalue weighted by Gasteiger charge is -2.46. The van der Waals surface area contributed by atoms with Gasteiger partial charge in [0.05, 0.1) is 30.2 Å². The number of benzene rings is 4. The van der Waals surface area contributed by atoms with E-state index in [1.165, 1.54) is 16.9 Å². The van der Waals surface area contributed by atoms with Crippen molar-refractivity contribution in [2.45, 2.75) is 89.9 Å². The highest BCUT2D eigenvalue weighted by atomic mass is 32.1. The predicted molar refractivity (Wildman–Crippen MR) is 222 cm³/mol. The van der Waals surface area contributed by atoms with Crippen LogP contribution in [-0.4, -0.2) is 52.3 Å². The highest BCUT2D eigenvalue weighted by Gasteiger charge is 2.57. The lowest BCUT2D eigenvalue weighted by Crippen LogP contribution is -2.54. The number of allylic oxidation sites excluding steroid dienone is 2. The topological polar surface area (TPSA) is 99.1 Å². The maximum absolute atomic E-state index is 14.4. The van der Waals surface area contributed by atoms with Gasteiger partial charge in [0.2, 0.25) is 5.78 Å². The van der Waals surface area contributed by atoms with Crippen LogP contribution in [0.15, 0.2) is 109 Å². The Morgan fingerprint density at radius 3 is 2.49 bits per heavy atom. The summed E-state index contributed by atoms with van der Waals surface area (Å²) in [5.74, 6) is 0.512. The number of thiophene rings is 1. The van der Waals surface area contributed by atoms with E-state index in [0.717, 1.165) is 45.2 Å². The first-order chi connectivity index (χ1) is 26.5. The zero-order valence-electron chi connectivity index (χ0n) is 32.3. The van der Waals surface area contributed by atoms with E-state index in [2.05, 4.69) is 61.6 Å².